The average Bonchev–Trinajstić information content (AvgIpc) is 2.39. The first-order chi connectivity index (χ1) is 8.59. The van der Waals surface area contributed by atoms with Gasteiger partial charge in [-0.15, -0.1) is 0 Å². The SMILES string of the molecule is CC(=O)N1CCN(C(C)C)[C@@H](c2ccccc2)C1. The van der Waals surface area contributed by atoms with Crippen LogP contribution in [-0.2, 0) is 4.79 Å². The Morgan fingerprint density at radius 1 is 1.22 bits per heavy atom. The molecule has 1 aromatic carbocycles. The number of piperazine rings is 1. The zero-order valence-corrected chi connectivity index (χ0v) is 11.5. The molecule has 3 heteroatoms. The minimum atomic E-state index is 0.180. The molecule has 1 fully saturated rings. The summed E-state index contributed by atoms with van der Waals surface area (Å²) in [6.07, 6.45) is 0. The first kappa shape index (κ1) is 13.1. The van der Waals surface area contributed by atoms with Gasteiger partial charge in [0.25, 0.3) is 0 Å². The third-order valence-electron chi connectivity index (χ3n) is 3.71. The number of carbonyl (C=O) groups excluding carboxylic acids is 1. The van der Waals surface area contributed by atoms with Crippen molar-refractivity contribution in [1.82, 2.24) is 9.80 Å². The highest BCUT2D eigenvalue weighted by Gasteiger charge is 2.30. The highest BCUT2D eigenvalue weighted by Crippen LogP contribution is 2.27. The van der Waals surface area contributed by atoms with Crippen molar-refractivity contribution in [2.45, 2.75) is 32.9 Å². The van der Waals surface area contributed by atoms with E-state index in [0.29, 0.717) is 12.1 Å². The molecule has 1 aromatic rings. The van der Waals surface area contributed by atoms with Crippen molar-refractivity contribution in [3.8, 4) is 0 Å². The van der Waals surface area contributed by atoms with Gasteiger partial charge in [-0.05, 0) is 19.4 Å². The summed E-state index contributed by atoms with van der Waals surface area (Å²) in [4.78, 5) is 16.0. The normalized spacial score (nSPS) is 21.3. The van der Waals surface area contributed by atoms with E-state index in [4.69, 9.17) is 0 Å². The van der Waals surface area contributed by atoms with E-state index in [1.807, 2.05) is 11.0 Å². The molecule has 0 aromatic heterocycles. The molecule has 0 radical (unpaired) electrons. The molecule has 1 saturated heterocycles. The summed E-state index contributed by atoms with van der Waals surface area (Å²) in [6.45, 7) is 8.71. The minimum Gasteiger partial charge on any atom is -0.340 e. The Morgan fingerprint density at radius 2 is 1.89 bits per heavy atom. The molecule has 0 saturated carbocycles. The number of benzene rings is 1. The molecule has 2 rings (SSSR count). The summed E-state index contributed by atoms with van der Waals surface area (Å²) < 4.78 is 0. The number of amides is 1. The largest absolute Gasteiger partial charge is 0.340 e. The predicted octanol–water partition coefficient (Wildman–Crippen LogP) is 2.30. The fourth-order valence-electron chi connectivity index (χ4n) is 2.67. The molecule has 3 nitrogen and oxygen atoms in total. The number of nitrogens with zero attached hydrogens (tertiary/aromatic N) is 2. The molecule has 0 spiro atoms. The van der Waals surface area contributed by atoms with Gasteiger partial charge in [0.1, 0.15) is 0 Å². The summed E-state index contributed by atoms with van der Waals surface area (Å²) in [5.41, 5.74) is 1.30. The Labute approximate surface area is 109 Å². The van der Waals surface area contributed by atoms with Crippen molar-refractivity contribution in [3.63, 3.8) is 0 Å². The molecule has 98 valence electrons. The van der Waals surface area contributed by atoms with E-state index in [-0.39, 0.29) is 5.91 Å². The van der Waals surface area contributed by atoms with Crippen LogP contribution in [-0.4, -0.2) is 41.4 Å². The third-order valence-corrected chi connectivity index (χ3v) is 3.71. The van der Waals surface area contributed by atoms with Crippen LogP contribution in [0.15, 0.2) is 30.3 Å². The lowest BCUT2D eigenvalue weighted by Crippen LogP contribution is -2.51. The maximum atomic E-state index is 11.6. The average molecular weight is 246 g/mol. The van der Waals surface area contributed by atoms with Crippen LogP contribution in [0.1, 0.15) is 32.4 Å². The molecule has 1 heterocycles. The Kier molecular flexibility index (Phi) is 4.02. The van der Waals surface area contributed by atoms with E-state index in [1.54, 1.807) is 6.92 Å². The van der Waals surface area contributed by atoms with Crippen molar-refractivity contribution >= 4 is 5.91 Å². The van der Waals surface area contributed by atoms with Gasteiger partial charge in [-0.25, -0.2) is 0 Å². The molecule has 0 bridgehead atoms. The zero-order valence-electron chi connectivity index (χ0n) is 11.5. The summed E-state index contributed by atoms with van der Waals surface area (Å²) in [7, 11) is 0. The van der Waals surface area contributed by atoms with Gasteiger partial charge in [-0.1, -0.05) is 30.3 Å². The van der Waals surface area contributed by atoms with Gasteiger partial charge < -0.3 is 4.90 Å². The van der Waals surface area contributed by atoms with E-state index in [1.165, 1.54) is 5.56 Å². The second kappa shape index (κ2) is 5.53. The topological polar surface area (TPSA) is 23.6 Å². The Bertz CT molecular complexity index is 402. The highest BCUT2D eigenvalue weighted by atomic mass is 16.2. The van der Waals surface area contributed by atoms with Crippen LogP contribution in [0.2, 0.25) is 0 Å². The van der Waals surface area contributed by atoms with E-state index < -0.39 is 0 Å². The van der Waals surface area contributed by atoms with E-state index >= 15 is 0 Å². The van der Waals surface area contributed by atoms with Crippen molar-refractivity contribution in [2.24, 2.45) is 0 Å². The summed E-state index contributed by atoms with van der Waals surface area (Å²) >= 11 is 0. The van der Waals surface area contributed by atoms with Crippen LogP contribution in [0.25, 0.3) is 0 Å². The lowest BCUT2D eigenvalue weighted by molar-refractivity contribution is -0.132. The molecule has 1 amide bonds. The second-order valence-electron chi connectivity index (χ2n) is 5.22. The second-order valence-corrected chi connectivity index (χ2v) is 5.22. The number of hydrogen-bond acceptors (Lipinski definition) is 2. The Hall–Kier alpha value is -1.35. The molecule has 1 aliphatic heterocycles. The maximum Gasteiger partial charge on any atom is 0.219 e. The van der Waals surface area contributed by atoms with Crippen LogP contribution in [0.4, 0.5) is 0 Å². The van der Waals surface area contributed by atoms with Crippen molar-refractivity contribution in [1.29, 1.82) is 0 Å². The molecule has 1 atom stereocenters. The van der Waals surface area contributed by atoms with Gasteiger partial charge in [-0.2, -0.15) is 0 Å². The van der Waals surface area contributed by atoms with Gasteiger partial charge in [0.2, 0.25) is 5.91 Å². The quantitative estimate of drug-likeness (QED) is 0.799. The van der Waals surface area contributed by atoms with Gasteiger partial charge in [-0.3, -0.25) is 9.69 Å². The summed E-state index contributed by atoms with van der Waals surface area (Å²) in [6, 6.07) is 11.3. The van der Waals surface area contributed by atoms with Crippen LogP contribution < -0.4 is 0 Å². The molecular formula is C15H22N2O. The van der Waals surface area contributed by atoms with Crippen molar-refractivity contribution in [3.05, 3.63) is 35.9 Å². The van der Waals surface area contributed by atoms with Gasteiger partial charge in [0.15, 0.2) is 0 Å². The Morgan fingerprint density at radius 3 is 2.44 bits per heavy atom. The van der Waals surface area contributed by atoms with Crippen LogP contribution in [0.3, 0.4) is 0 Å². The van der Waals surface area contributed by atoms with Crippen LogP contribution in [0, 0.1) is 0 Å². The van der Waals surface area contributed by atoms with Crippen molar-refractivity contribution in [2.75, 3.05) is 19.6 Å². The molecule has 0 unspecified atom stereocenters. The predicted molar refractivity (Wildman–Crippen MR) is 73.3 cm³/mol. The molecule has 1 aliphatic rings. The van der Waals surface area contributed by atoms with Gasteiger partial charge in [0, 0.05) is 32.6 Å². The standard InChI is InChI=1S/C15H22N2O/c1-12(2)17-10-9-16(13(3)18)11-15(17)14-7-5-4-6-8-14/h4-8,12,15H,9-11H2,1-3H3/t15-/m1/s1. The van der Waals surface area contributed by atoms with Gasteiger partial charge in [0.05, 0.1) is 6.04 Å². The van der Waals surface area contributed by atoms with E-state index in [2.05, 4.69) is 43.0 Å². The number of rotatable bonds is 2. The first-order valence-electron chi connectivity index (χ1n) is 6.66. The monoisotopic (exact) mass is 246 g/mol. The lowest BCUT2D eigenvalue weighted by Gasteiger charge is -2.43. The van der Waals surface area contributed by atoms with Crippen molar-refractivity contribution < 1.29 is 4.79 Å². The maximum absolute atomic E-state index is 11.6. The smallest absolute Gasteiger partial charge is 0.219 e. The molecular weight excluding hydrogens is 224 g/mol. The summed E-state index contributed by atoms with van der Waals surface area (Å²) in [5, 5.41) is 0. The minimum absolute atomic E-state index is 0.180. The van der Waals surface area contributed by atoms with E-state index in [0.717, 1.165) is 19.6 Å². The number of carbonyl (C=O) groups is 1. The lowest BCUT2D eigenvalue weighted by atomic mass is 10.0. The fraction of sp³-hybridized carbons (Fsp3) is 0.533. The zero-order chi connectivity index (χ0) is 13.1. The van der Waals surface area contributed by atoms with E-state index in [9.17, 15) is 4.79 Å². The molecule has 0 aliphatic carbocycles. The number of hydrogen-bond donors (Lipinski definition) is 0. The molecule has 18 heavy (non-hydrogen) atoms. The van der Waals surface area contributed by atoms with Gasteiger partial charge >= 0.3 is 0 Å². The van der Waals surface area contributed by atoms with Crippen LogP contribution in [0.5, 0.6) is 0 Å². The molecule has 0 N–H and O–H groups in total. The first-order valence-corrected chi connectivity index (χ1v) is 6.66. The summed E-state index contributed by atoms with van der Waals surface area (Å²) in [5.74, 6) is 0.180. The third kappa shape index (κ3) is 2.72. The van der Waals surface area contributed by atoms with Crippen LogP contribution >= 0.6 is 0 Å². The fourth-order valence-corrected chi connectivity index (χ4v) is 2.67. The highest BCUT2D eigenvalue weighted by molar-refractivity contribution is 5.73. The Balaban J connectivity index is 2.23.